The molecule has 1 amide bonds. The molecule has 0 aliphatic heterocycles. The van der Waals surface area contributed by atoms with Crippen LogP contribution in [-0.2, 0) is 14.8 Å². The quantitative estimate of drug-likeness (QED) is 0.881. The molecule has 0 unspecified atom stereocenters. The normalized spacial score (nSPS) is 26.3. The first-order valence-electron chi connectivity index (χ1n) is 7.85. The first-order valence-corrected chi connectivity index (χ1v) is 10.1. The van der Waals surface area contributed by atoms with Gasteiger partial charge in [0.15, 0.2) is 0 Å². The molecule has 7 heteroatoms. The van der Waals surface area contributed by atoms with Crippen molar-refractivity contribution in [3.63, 3.8) is 0 Å². The van der Waals surface area contributed by atoms with E-state index in [2.05, 4.69) is 5.32 Å². The monoisotopic (exact) mass is 356 g/mol. The molecule has 1 aromatic carbocycles. The van der Waals surface area contributed by atoms with E-state index < -0.39 is 10.0 Å². The average molecular weight is 357 g/mol. The first kappa shape index (κ1) is 16.6. The van der Waals surface area contributed by atoms with Crippen LogP contribution in [0.2, 0.25) is 5.02 Å². The van der Waals surface area contributed by atoms with Crippen molar-refractivity contribution in [3.8, 4) is 0 Å². The lowest BCUT2D eigenvalue weighted by molar-refractivity contribution is -0.120. The Labute approximate surface area is 142 Å². The largest absolute Gasteiger partial charge is 0.352 e. The van der Waals surface area contributed by atoms with Crippen molar-refractivity contribution >= 4 is 33.2 Å². The Hall–Kier alpha value is -1.27. The van der Waals surface area contributed by atoms with Gasteiger partial charge < -0.3 is 5.32 Å². The molecule has 2 aliphatic carbocycles. The van der Waals surface area contributed by atoms with Crippen molar-refractivity contribution in [2.75, 3.05) is 17.1 Å². The fourth-order valence-corrected chi connectivity index (χ4v) is 4.87. The van der Waals surface area contributed by atoms with Gasteiger partial charge in [0.2, 0.25) is 15.9 Å². The van der Waals surface area contributed by atoms with Crippen LogP contribution in [0.25, 0.3) is 0 Å². The molecule has 1 aromatic rings. The van der Waals surface area contributed by atoms with Gasteiger partial charge in [0, 0.05) is 11.1 Å². The van der Waals surface area contributed by atoms with Gasteiger partial charge in [0.25, 0.3) is 0 Å². The van der Waals surface area contributed by atoms with E-state index in [1.54, 1.807) is 24.3 Å². The van der Waals surface area contributed by atoms with Gasteiger partial charge in [-0.2, -0.15) is 0 Å². The zero-order valence-electron chi connectivity index (χ0n) is 13.0. The van der Waals surface area contributed by atoms with Gasteiger partial charge in [0.05, 0.1) is 11.9 Å². The Morgan fingerprint density at radius 2 is 2.13 bits per heavy atom. The van der Waals surface area contributed by atoms with Crippen LogP contribution in [-0.4, -0.2) is 33.2 Å². The van der Waals surface area contributed by atoms with E-state index in [9.17, 15) is 13.2 Å². The molecule has 0 spiro atoms. The topological polar surface area (TPSA) is 66.5 Å². The summed E-state index contributed by atoms with van der Waals surface area (Å²) in [5.74, 6) is 1.03. The summed E-state index contributed by atoms with van der Waals surface area (Å²) in [6.45, 7) is -0.215. The lowest BCUT2D eigenvalue weighted by Crippen LogP contribution is -2.45. The molecule has 0 saturated heterocycles. The summed E-state index contributed by atoms with van der Waals surface area (Å²) in [4.78, 5) is 12.3. The molecular formula is C16H21ClN2O3S. The maximum atomic E-state index is 12.3. The highest BCUT2D eigenvalue weighted by Gasteiger charge is 2.40. The van der Waals surface area contributed by atoms with Crippen LogP contribution < -0.4 is 9.62 Å². The number of nitrogens with zero attached hydrogens (tertiary/aromatic N) is 1. The molecule has 2 aliphatic rings. The molecule has 1 N–H and O–H groups in total. The van der Waals surface area contributed by atoms with Crippen LogP contribution in [0.4, 0.5) is 5.69 Å². The Morgan fingerprint density at radius 3 is 2.70 bits per heavy atom. The second-order valence-corrected chi connectivity index (χ2v) is 8.94. The number of carbonyl (C=O) groups is 1. The van der Waals surface area contributed by atoms with Gasteiger partial charge in [-0.3, -0.25) is 9.10 Å². The van der Waals surface area contributed by atoms with Gasteiger partial charge in [-0.1, -0.05) is 24.1 Å². The van der Waals surface area contributed by atoms with Crippen LogP contribution >= 0.6 is 11.6 Å². The number of rotatable bonds is 5. The molecule has 3 rings (SSSR count). The summed E-state index contributed by atoms with van der Waals surface area (Å²) in [6.07, 6.45) is 5.73. The van der Waals surface area contributed by atoms with Gasteiger partial charge >= 0.3 is 0 Å². The average Bonchev–Trinajstić information content (AvgIpc) is 3.06. The van der Waals surface area contributed by atoms with E-state index in [1.807, 2.05) is 0 Å². The van der Waals surface area contributed by atoms with Crippen molar-refractivity contribution in [1.82, 2.24) is 5.32 Å². The molecule has 0 aromatic heterocycles. The van der Waals surface area contributed by atoms with Crippen molar-refractivity contribution < 1.29 is 13.2 Å². The standard InChI is InChI=1S/C16H21ClN2O3S/c1-23(21,22)19(14-4-2-3-13(17)9-14)10-16(20)18-15-8-11-5-6-12(15)7-11/h2-4,9,11-12,15H,5-8,10H2,1H3,(H,18,20)/t11-,12-,15+/m0/s1. The molecule has 2 fully saturated rings. The van der Waals surface area contributed by atoms with Crippen molar-refractivity contribution in [2.24, 2.45) is 11.8 Å². The minimum absolute atomic E-state index is 0.196. The summed E-state index contributed by atoms with van der Waals surface area (Å²) in [5, 5.41) is 3.45. The Bertz CT molecular complexity index is 707. The second kappa shape index (κ2) is 6.32. The van der Waals surface area contributed by atoms with Crippen LogP contribution in [0.15, 0.2) is 24.3 Å². The molecular weight excluding hydrogens is 336 g/mol. The second-order valence-electron chi connectivity index (χ2n) is 6.60. The number of anilines is 1. The number of benzene rings is 1. The highest BCUT2D eigenvalue weighted by atomic mass is 35.5. The number of hydrogen-bond acceptors (Lipinski definition) is 3. The van der Waals surface area contributed by atoms with E-state index in [4.69, 9.17) is 11.6 Å². The van der Waals surface area contributed by atoms with Gasteiger partial charge in [-0.05, 0) is 49.3 Å². The smallest absolute Gasteiger partial charge is 0.241 e. The van der Waals surface area contributed by atoms with Crippen LogP contribution in [0, 0.1) is 11.8 Å². The number of carbonyl (C=O) groups excluding carboxylic acids is 1. The van der Waals surface area contributed by atoms with E-state index >= 15 is 0 Å². The Balaban J connectivity index is 1.70. The molecule has 0 heterocycles. The van der Waals surface area contributed by atoms with Gasteiger partial charge in [-0.25, -0.2) is 8.42 Å². The predicted molar refractivity (Wildman–Crippen MR) is 91.0 cm³/mol. The number of sulfonamides is 1. The minimum atomic E-state index is -3.56. The zero-order chi connectivity index (χ0) is 16.6. The summed E-state index contributed by atoms with van der Waals surface area (Å²) < 4.78 is 25.2. The molecule has 3 atom stereocenters. The summed E-state index contributed by atoms with van der Waals surface area (Å²) >= 11 is 5.93. The van der Waals surface area contributed by atoms with Gasteiger partial charge in [-0.15, -0.1) is 0 Å². The molecule has 2 bridgehead atoms. The minimum Gasteiger partial charge on any atom is -0.352 e. The van der Waals surface area contributed by atoms with E-state index in [0.717, 1.165) is 22.9 Å². The molecule has 5 nitrogen and oxygen atoms in total. The van der Waals surface area contributed by atoms with Crippen molar-refractivity contribution in [1.29, 1.82) is 0 Å². The van der Waals surface area contributed by atoms with Crippen LogP contribution in [0.3, 0.4) is 0 Å². The number of hydrogen-bond donors (Lipinski definition) is 1. The van der Waals surface area contributed by atoms with Crippen molar-refractivity contribution in [3.05, 3.63) is 29.3 Å². The predicted octanol–water partition coefficient (Wildman–Crippen LogP) is 2.41. The number of fused-ring (bicyclic) bond motifs is 2. The SMILES string of the molecule is CS(=O)(=O)N(CC(=O)N[C@@H]1C[C@H]2CC[C@H]1C2)c1cccc(Cl)c1. The summed E-state index contributed by atoms with van der Waals surface area (Å²) in [7, 11) is -3.56. The van der Waals surface area contributed by atoms with Crippen LogP contribution in [0.5, 0.6) is 0 Å². The third kappa shape index (κ3) is 3.80. The summed E-state index contributed by atoms with van der Waals surface area (Å²) in [6, 6.07) is 6.72. The Morgan fingerprint density at radius 1 is 1.35 bits per heavy atom. The zero-order valence-corrected chi connectivity index (χ0v) is 14.6. The van der Waals surface area contributed by atoms with E-state index in [1.165, 1.54) is 19.3 Å². The van der Waals surface area contributed by atoms with Crippen molar-refractivity contribution in [2.45, 2.75) is 31.7 Å². The first-order chi connectivity index (χ1) is 10.8. The maximum absolute atomic E-state index is 12.3. The number of amides is 1. The number of nitrogens with one attached hydrogen (secondary N) is 1. The fraction of sp³-hybridized carbons (Fsp3) is 0.562. The lowest BCUT2D eigenvalue weighted by Gasteiger charge is -2.26. The number of halogens is 1. The van der Waals surface area contributed by atoms with Crippen LogP contribution in [0.1, 0.15) is 25.7 Å². The summed E-state index contributed by atoms with van der Waals surface area (Å²) in [5.41, 5.74) is 0.406. The molecule has 23 heavy (non-hydrogen) atoms. The fourth-order valence-electron chi connectivity index (χ4n) is 3.84. The van der Waals surface area contributed by atoms with E-state index in [-0.39, 0.29) is 18.5 Å². The highest BCUT2D eigenvalue weighted by molar-refractivity contribution is 7.92. The molecule has 0 radical (unpaired) electrons. The molecule has 126 valence electrons. The third-order valence-electron chi connectivity index (χ3n) is 4.87. The molecule has 2 saturated carbocycles. The highest BCUT2D eigenvalue weighted by Crippen LogP contribution is 2.44. The third-order valence-corrected chi connectivity index (χ3v) is 6.24. The Kier molecular flexibility index (Phi) is 4.56. The van der Waals surface area contributed by atoms with Gasteiger partial charge in [0.1, 0.15) is 6.54 Å². The lowest BCUT2D eigenvalue weighted by atomic mass is 9.95. The maximum Gasteiger partial charge on any atom is 0.241 e. The van der Waals surface area contributed by atoms with E-state index in [0.29, 0.717) is 16.6 Å².